The van der Waals surface area contributed by atoms with Gasteiger partial charge in [0.25, 0.3) is 0 Å². The molecule has 1 fully saturated rings. The van der Waals surface area contributed by atoms with Gasteiger partial charge in [-0.05, 0) is 51.2 Å². The number of hydrogen-bond donors (Lipinski definition) is 1. The van der Waals surface area contributed by atoms with Crippen molar-refractivity contribution in [2.75, 3.05) is 26.7 Å². The number of nitrogens with zero attached hydrogens (tertiary/aromatic N) is 4. The van der Waals surface area contributed by atoms with Crippen molar-refractivity contribution < 1.29 is 0 Å². The van der Waals surface area contributed by atoms with Gasteiger partial charge < -0.3 is 10.2 Å². The van der Waals surface area contributed by atoms with Gasteiger partial charge in [0.1, 0.15) is 0 Å². The molecular formula is C16H31N5. The standard InChI is InChI=1S/C16H31N5/c1-4-5-14(2)11-20-8-6-15(7-9-20)12-21-13-16(10-17-3)18-19-21/h13-15,17H,4-12H2,1-3H3. The predicted octanol–water partition coefficient (Wildman–Crippen LogP) is 2.15. The van der Waals surface area contributed by atoms with Crippen LogP contribution in [0.3, 0.4) is 0 Å². The van der Waals surface area contributed by atoms with Crippen molar-refractivity contribution in [2.45, 2.75) is 52.6 Å². The molecule has 0 aromatic carbocycles. The molecule has 0 spiro atoms. The molecule has 2 heterocycles. The van der Waals surface area contributed by atoms with Crippen molar-refractivity contribution in [2.24, 2.45) is 11.8 Å². The minimum atomic E-state index is 0.756. The lowest BCUT2D eigenvalue weighted by Crippen LogP contribution is -2.37. The largest absolute Gasteiger partial charge is 0.314 e. The molecule has 1 atom stereocenters. The molecule has 21 heavy (non-hydrogen) atoms. The molecule has 1 aromatic rings. The van der Waals surface area contributed by atoms with Gasteiger partial charge in [-0.15, -0.1) is 5.10 Å². The van der Waals surface area contributed by atoms with E-state index in [9.17, 15) is 0 Å². The molecule has 0 radical (unpaired) electrons. The van der Waals surface area contributed by atoms with Crippen LogP contribution in [0.2, 0.25) is 0 Å². The van der Waals surface area contributed by atoms with E-state index >= 15 is 0 Å². The summed E-state index contributed by atoms with van der Waals surface area (Å²) in [4.78, 5) is 2.64. The smallest absolute Gasteiger partial charge is 0.0964 e. The first-order chi connectivity index (χ1) is 10.2. The average molecular weight is 293 g/mol. The van der Waals surface area contributed by atoms with Crippen molar-refractivity contribution in [1.82, 2.24) is 25.2 Å². The summed E-state index contributed by atoms with van der Waals surface area (Å²) in [5, 5.41) is 11.5. The maximum atomic E-state index is 4.23. The molecule has 1 aromatic heterocycles. The molecule has 1 saturated heterocycles. The summed E-state index contributed by atoms with van der Waals surface area (Å²) in [6.45, 7) is 10.3. The Bertz CT molecular complexity index is 395. The third kappa shape index (κ3) is 5.40. The fourth-order valence-electron chi connectivity index (χ4n) is 3.33. The third-order valence-electron chi connectivity index (χ3n) is 4.45. The highest BCUT2D eigenvalue weighted by atomic mass is 15.4. The fourth-order valence-corrected chi connectivity index (χ4v) is 3.33. The zero-order chi connectivity index (χ0) is 15.1. The molecule has 1 unspecified atom stereocenters. The van der Waals surface area contributed by atoms with E-state index < -0.39 is 0 Å². The molecule has 0 saturated carbocycles. The number of aromatic nitrogens is 3. The summed E-state index contributed by atoms with van der Waals surface area (Å²) < 4.78 is 2.02. The van der Waals surface area contributed by atoms with E-state index in [1.165, 1.54) is 45.3 Å². The van der Waals surface area contributed by atoms with Crippen LogP contribution in [0, 0.1) is 11.8 Å². The summed E-state index contributed by atoms with van der Waals surface area (Å²) >= 11 is 0. The van der Waals surface area contributed by atoms with E-state index in [0.717, 1.165) is 30.6 Å². The first kappa shape index (κ1) is 16.4. The van der Waals surface area contributed by atoms with Crippen LogP contribution < -0.4 is 5.32 Å². The number of likely N-dealkylation sites (tertiary alicyclic amines) is 1. The molecule has 2 rings (SSSR count). The highest BCUT2D eigenvalue weighted by molar-refractivity contribution is 4.91. The van der Waals surface area contributed by atoms with Gasteiger partial charge in [-0.2, -0.15) is 0 Å². The molecule has 0 aliphatic carbocycles. The van der Waals surface area contributed by atoms with Gasteiger partial charge in [-0.25, -0.2) is 0 Å². The minimum absolute atomic E-state index is 0.756. The van der Waals surface area contributed by atoms with E-state index in [-0.39, 0.29) is 0 Å². The van der Waals surface area contributed by atoms with E-state index in [1.54, 1.807) is 0 Å². The predicted molar refractivity (Wildman–Crippen MR) is 86.0 cm³/mol. The van der Waals surface area contributed by atoms with Gasteiger partial charge in [0.2, 0.25) is 0 Å². The van der Waals surface area contributed by atoms with Crippen LogP contribution in [0.15, 0.2) is 6.20 Å². The van der Waals surface area contributed by atoms with Crippen LogP contribution >= 0.6 is 0 Å². The fraction of sp³-hybridized carbons (Fsp3) is 0.875. The van der Waals surface area contributed by atoms with Crippen LogP contribution in [-0.4, -0.2) is 46.6 Å². The summed E-state index contributed by atoms with van der Waals surface area (Å²) in [7, 11) is 1.94. The number of nitrogens with one attached hydrogen (secondary N) is 1. The first-order valence-corrected chi connectivity index (χ1v) is 8.47. The molecule has 120 valence electrons. The second kappa shape index (κ2) is 8.49. The summed E-state index contributed by atoms with van der Waals surface area (Å²) in [5.74, 6) is 1.60. The SMILES string of the molecule is CCCC(C)CN1CCC(Cn2cc(CNC)nn2)CC1. The Morgan fingerprint density at radius 1 is 1.38 bits per heavy atom. The second-order valence-corrected chi connectivity index (χ2v) is 6.60. The van der Waals surface area contributed by atoms with Crippen LogP contribution in [0.4, 0.5) is 0 Å². The quantitative estimate of drug-likeness (QED) is 0.798. The highest BCUT2D eigenvalue weighted by Gasteiger charge is 2.21. The lowest BCUT2D eigenvalue weighted by atomic mass is 9.95. The maximum absolute atomic E-state index is 4.23. The van der Waals surface area contributed by atoms with Crippen molar-refractivity contribution in [3.05, 3.63) is 11.9 Å². The number of piperidine rings is 1. The lowest BCUT2D eigenvalue weighted by molar-refractivity contribution is 0.150. The van der Waals surface area contributed by atoms with Gasteiger partial charge in [0, 0.05) is 25.8 Å². The van der Waals surface area contributed by atoms with Gasteiger partial charge in [-0.3, -0.25) is 4.68 Å². The van der Waals surface area contributed by atoms with Crippen molar-refractivity contribution >= 4 is 0 Å². The van der Waals surface area contributed by atoms with Crippen LogP contribution in [0.5, 0.6) is 0 Å². The van der Waals surface area contributed by atoms with E-state index in [0.29, 0.717) is 0 Å². The Hall–Kier alpha value is -0.940. The van der Waals surface area contributed by atoms with Crippen LogP contribution in [0.25, 0.3) is 0 Å². The van der Waals surface area contributed by atoms with Crippen LogP contribution in [0.1, 0.15) is 45.2 Å². The molecule has 5 nitrogen and oxygen atoms in total. The molecule has 0 bridgehead atoms. The molecule has 0 amide bonds. The second-order valence-electron chi connectivity index (χ2n) is 6.60. The maximum Gasteiger partial charge on any atom is 0.0964 e. The molecule has 5 heteroatoms. The Morgan fingerprint density at radius 2 is 2.14 bits per heavy atom. The Kier molecular flexibility index (Phi) is 6.64. The van der Waals surface area contributed by atoms with Crippen LogP contribution in [-0.2, 0) is 13.1 Å². The number of hydrogen-bond acceptors (Lipinski definition) is 4. The van der Waals surface area contributed by atoms with E-state index in [2.05, 4.69) is 40.6 Å². The number of rotatable bonds is 8. The zero-order valence-corrected chi connectivity index (χ0v) is 13.9. The summed E-state index contributed by atoms with van der Waals surface area (Å²) in [6, 6.07) is 0. The van der Waals surface area contributed by atoms with Gasteiger partial charge in [-0.1, -0.05) is 25.5 Å². The third-order valence-corrected chi connectivity index (χ3v) is 4.45. The minimum Gasteiger partial charge on any atom is -0.314 e. The Balaban J connectivity index is 1.70. The van der Waals surface area contributed by atoms with Crippen molar-refractivity contribution in [3.8, 4) is 0 Å². The van der Waals surface area contributed by atoms with Gasteiger partial charge in [0.15, 0.2) is 0 Å². The molecular weight excluding hydrogens is 262 g/mol. The molecule has 1 aliphatic heterocycles. The highest BCUT2D eigenvalue weighted by Crippen LogP contribution is 2.20. The molecule has 1 N–H and O–H groups in total. The Morgan fingerprint density at radius 3 is 2.81 bits per heavy atom. The van der Waals surface area contributed by atoms with Gasteiger partial charge in [0.05, 0.1) is 5.69 Å². The summed E-state index contributed by atoms with van der Waals surface area (Å²) in [5.41, 5.74) is 1.03. The average Bonchev–Trinajstić information content (AvgIpc) is 2.89. The van der Waals surface area contributed by atoms with Crippen molar-refractivity contribution in [3.63, 3.8) is 0 Å². The monoisotopic (exact) mass is 293 g/mol. The van der Waals surface area contributed by atoms with Crippen molar-refractivity contribution in [1.29, 1.82) is 0 Å². The Labute approximate surface area is 129 Å². The molecule has 1 aliphatic rings. The van der Waals surface area contributed by atoms with E-state index in [4.69, 9.17) is 0 Å². The topological polar surface area (TPSA) is 46.0 Å². The zero-order valence-electron chi connectivity index (χ0n) is 13.9. The lowest BCUT2D eigenvalue weighted by Gasteiger charge is -2.33. The van der Waals surface area contributed by atoms with E-state index in [1.807, 2.05) is 11.7 Å². The first-order valence-electron chi connectivity index (χ1n) is 8.47. The normalized spacial score (nSPS) is 19.0. The van der Waals surface area contributed by atoms with Gasteiger partial charge >= 0.3 is 0 Å². The summed E-state index contributed by atoms with van der Waals surface area (Å²) in [6.07, 6.45) is 7.32.